The Kier molecular flexibility index (Phi) is 3.76. The van der Waals surface area contributed by atoms with Crippen molar-refractivity contribution < 1.29 is 4.39 Å². The molecule has 88 valence electrons. The van der Waals surface area contributed by atoms with Gasteiger partial charge in [-0.05, 0) is 23.8 Å². The molecule has 2 rings (SSSR count). The van der Waals surface area contributed by atoms with Crippen LogP contribution in [0.5, 0.6) is 0 Å². The van der Waals surface area contributed by atoms with Crippen molar-refractivity contribution in [2.75, 3.05) is 0 Å². The summed E-state index contributed by atoms with van der Waals surface area (Å²) in [4.78, 5) is 0. The molecule has 2 aromatic rings. The molecule has 0 radical (unpaired) electrons. The molecular formula is C15H9ClFN. The van der Waals surface area contributed by atoms with Crippen molar-refractivity contribution in [1.29, 1.82) is 5.26 Å². The molecule has 0 heterocycles. The molecule has 18 heavy (non-hydrogen) atoms. The van der Waals surface area contributed by atoms with Crippen LogP contribution in [0.1, 0.15) is 11.1 Å². The molecule has 0 aliphatic rings. The molecule has 0 aliphatic heterocycles. The Morgan fingerprint density at radius 3 is 2.44 bits per heavy atom. The Morgan fingerprint density at radius 1 is 1.11 bits per heavy atom. The van der Waals surface area contributed by atoms with Gasteiger partial charge in [-0.2, -0.15) is 5.26 Å². The number of benzene rings is 2. The van der Waals surface area contributed by atoms with Gasteiger partial charge in [-0.25, -0.2) is 4.39 Å². The van der Waals surface area contributed by atoms with Crippen molar-refractivity contribution in [3.8, 4) is 6.07 Å². The number of hydrogen-bond donors (Lipinski definition) is 0. The summed E-state index contributed by atoms with van der Waals surface area (Å²) in [5.41, 5.74) is 1.22. The lowest BCUT2D eigenvalue weighted by molar-refractivity contribution is 0.624. The van der Waals surface area contributed by atoms with E-state index in [9.17, 15) is 4.39 Å². The van der Waals surface area contributed by atoms with Crippen LogP contribution in [0.2, 0.25) is 5.02 Å². The van der Waals surface area contributed by atoms with Crippen LogP contribution < -0.4 is 0 Å². The largest absolute Gasteiger partial charge is 0.206 e. The van der Waals surface area contributed by atoms with Gasteiger partial charge < -0.3 is 0 Å². The van der Waals surface area contributed by atoms with Gasteiger partial charge in [0, 0.05) is 10.6 Å². The molecule has 2 aromatic carbocycles. The molecular weight excluding hydrogens is 249 g/mol. The first-order valence-corrected chi connectivity index (χ1v) is 5.71. The molecule has 0 bridgehead atoms. The summed E-state index contributed by atoms with van der Waals surface area (Å²) in [6, 6.07) is 15.3. The van der Waals surface area contributed by atoms with Gasteiger partial charge in [-0.15, -0.1) is 0 Å². The van der Waals surface area contributed by atoms with Crippen LogP contribution in [0.15, 0.2) is 48.5 Å². The molecule has 3 heteroatoms. The number of halogens is 2. The third-order valence-electron chi connectivity index (χ3n) is 2.49. The molecule has 0 aromatic heterocycles. The van der Waals surface area contributed by atoms with Crippen LogP contribution >= 0.6 is 11.6 Å². The highest BCUT2D eigenvalue weighted by Crippen LogP contribution is 2.24. The zero-order valence-electron chi connectivity index (χ0n) is 9.40. The number of nitriles is 1. The van der Waals surface area contributed by atoms with Crippen molar-refractivity contribution in [1.82, 2.24) is 0 Å². The summed E-state index contributed by atoms with van der Waals surface area (Å²) < 4.78 is 13.6. The van der Waals surface area contributed by atoms with Crippen molar-refractivity contribution in [3.05, 3.63) is 70.5 Å². The molecule has 0 N–H and O–H groups in total. The van der Waals surface area contributed by atoms with Crippen LogP contribution in [0.3, 0.4) is 0 Å². The quantitative estimate of drug-likeness (QED) is 0.572. The first-order valence-electron chi connectivity index (χ1n) is 5.33. The molecule has 0 spiro atoms. The molecule has 0 saturated heterocycles. The molecule has 0 unspecified atom stereocenters. The van der Waals surface area contributed by atoms with Crippen LogP contribution in [0.4, 0.5) is 4.39 Å². The average molecular weight is 258 g/mol. The van der Waals surface area contributed by atoms with Crippen LogP contribution in [-0.4, -0.2) is 0 Å². The van der Waals surface area contributed by atoms with E-state index in [1.165, 1.54) is 6.07 Å². The van der Waals surface area contributed by atoms with E-state index in [1.807, 2.05) is 12.1 Å². The third-order valence-corrected chi connectivity index (χ3v) is 2.83. The second-order valence-corrected chi connectivity index (χ2v) is 4.08. The summed E-state index contributed by atoms with van der Waals surface area (Å²) in [5.74, 6) is -0.419. The minimum absolute atomic E-state index is 0.251. The fourth-order valence-electron chi connectivity index (χ4n) is 1.60. The minimum atomic E-state index is -0.419. The molecule has 0 aliphatic carbocycles. The SMILES string of the molecule is N#CC(=Cc1ccccc1Cl)c1ccccc1F. The Hall–Kier alpha value is -2.11. The molecule has 0 atom stereocenters. The van der Waals surface area contributed by atoms with Crippen molar-refractivity contribution in [3.63, 3.8) is 0 Å². The number of hydrogen-bond acceptors (Lipinski definition) is 1. The van der Waals surface area contributed by atoms with Gasteiger partial charge in [-0.1, -0.05) is 48.0 Å². The topological polar surface area (TPSA) is 23.8 Å². The van der Waals surface area contributed by atoms with E-state index in [0.717, 1.165) is 0 Å². The second kappa shape index (κ2) is 5.48. The number of nitrogens with zero attached hydrogens (tertiary/aromatic N) is 1. The fourth-order valence-corrected chi connectivity index (χ4v) is 1.79. The minimum Gasteiger partial charge on any atom is -0.206 e. The van der Waals surface area contributed by atoms with Crippen molar-refractivity contribution in [2.45, 2.75) is 0 Å². The molecule has 0 amide bonds. The average Bonchev–Trinajstić information content (AvgIpc) is 2.39. The van der Waals surface area contributed by atoms with E-state index in [-0.39, 0.29) is 11.1 Å². The van der Waals surface area contributed by atoms with Gasteiger partial charge in [-0.3, -0.25) is 0 Å². The predicted molar refractivity (Wildman–Crippen MR) is 71.3 cm³/mol. The smallest absolute Gasteiger partial charge is 0.131 e. The van der Waals surface area contributed by atoms with Gasteiger partial charge in [0.15, 0.2) is 0 Å². The predicted octanol–water partition coefficient (Wildman–Crippen LogP) is 4.54. The van der Waals surface area contributed by atoms with Gasteiger partial charge in [0.2, 0.25) is 0 Å². The zero-order valence-corrected chi connectivity index (χ0v) is 10.2. The lowest BCUT2D eigenvalue weighted by Gasteiger charge is -2.02. The van der Waals surface area contributed by atoms with Crippen molar-refractivity contribution in [2.24, 2.45) is 0 Å². The van der Waals surface area contributed by atoms with Crippen LogP contribution in [0.25, 0.3) is 11.6 Å². The maximum Gasteiger partial charge on any atom is 0.131 e. The summed E-state index contributed by atoms with van der Waals surface area (Å²) in [5, 5.41) is 9.66. The summed E-state index contributed by atoms with van der Waals surface area (Å²) in [6.07, 6.45) is 1.58. The van der Waals surface area contributed by atoms with Crippen LogP contribution in [-0.2, 0) is 0 Å². The normalized spacial score (nSPS) is 11.1. The highest BCUT2D eigenvalue weighted by atomic mass is 35.5. The van der Waals surface area contributed by atoms with E-state index >= 15 is 0 Å². The second-order valence-electron chi connectivity index (χ2n) is 3.67. The standard InChI is InChI=1S/C15H9ClFN/c16-14-7-3-1-5-11(14)9-12(10-18)13-6-2-4-8-15(13)17/h1-9H. The maximum absolute atomic E-state index is 13.6. The Bertz CT molecular complexity index is 641. The highest BCUT2D eigenvalue weighted by molar-refractivity contribution is 6.32. The monoisotopic (exact) mass is 257 g/mol. The summed E-state index contributed by atoms with van der Waals surface area (Å²) >= 11 is 6.00. The first kappa shape index (κ1) is 12.3. The van der Waals surface area contributed by atoms with E-state index < -0.39 is 5.82 Å². The molecule has 0 fully saturated rings. The zero-order chi connectivity index (χ0) is 13.0. The lowest BCUT2D eigenvalue weighted by Crippen LogP contribution is -1.87. The highest BCUT2D eigenvalue weighted by Gasteiger charge is 2.07. The first-order chi connectivity index (χ1) is 8.72. The summed E-state index contributed by atoms with van der Waals surface area (Å²) in [6.45, 7) is 0. The van der Waals surface area contributed by atoms with Crippen molar-refractivity contribution >= 4 is 23.3 Å². The van der Waals surface area contributed by atoms with Gasteiger partial charge in [0.1, 0.15) is 5.82 Å². The van der Waals surface area contributed by atoms with E-state index in [2.05, 4.69) is 0 Å². The van der Waals surface area contributed by atoms with Crippen LogP contribution in [0, 0.1) is 17.1 Å². The van der Waals surface area contributed by atoms with Gasteiger partial charge >= 0.3 is 0 Å². The van der Waals surface area contributed by atoms with Gasteiger partial charge in [0.05, 0.1) is 11.6 Å². The number of allylic oxidation sites excluding steroid dienone is 1. The fraction of sp³-hybridized carbons (Fsp3) is 0. The van der Waals surface area contributed by atoms with Gasteiger partial charge in [0.25, 0.3) is 0 Å². The third kappa shape index (κ3) is 2.58. The number of rotatable bonds is 2. The summed E-state index contributed by atoms with van der Waals surface area (Å²) in [7, 11) is 0. The van der Waals surface area contributed by atoms with E-state index in [1.54, 1.807) is 42.5 Å². The van der Waals surface area contributed by atoms with E-state index in [4.69, 9.17) is 16.9 Å². The molecule has 0 saturated carbocycles. The molecule has 1 nitrogen and oxygen atoms in total. The lowest BCUT2D eigenvalue weighted by atomic mass is 10.0. The Balaban J connectivity index is 2.52. The maximum atomic E-state index is 13.6. The Morgan fingerprint density at radius 2 is 1.78 bits per heavy atom. The van der Waals surface area contributed by atoms with E-state index in [0.29, 0.717) is 10.6 Å². The Labute approximate surface area is 110 Å².